The summed E-state index contributed by atoms with van der Waals surface area (Å²) >= 11 is 0. The van der Waals surface area contributed by atoms with E-state index in [1.54, 1.807) is 0 Å². The normalized spacial score (nSPS) is 22.8. The van der Waals surface area contributed by atoms with Gasteiger partial charge in [-0.3, -0.25) is 19.7 Å². The SMILES string of the molecule is Cc1ccccc1C1/C(=C(\O)c2ccc([N+](=O)[O-])cc2)C(=O)C(=O)N1CC1CCCO1. The Morgan fingerprint density at radius 3 is 2.52 bits per heavy atom. The number of Topliss-reactive ketones (excluding diaryl/α,β-unsaturated/α-hetero) is 1. The molecule has 0 radical (unpaired) electrons. The van der Waals surface area contributed by atoms with E-state index in [-0.39, 0.29) is 35.2 Å². The summed E-state index contributed by atoms with van der Waals surface area (Å²) in [5, 5.41) is 21.9. The molecule has 8 nitrogen and oxygen atoms in total. The summed E-state index contributed by atoms with van der Waals surface area (Å²) in [6, 6.07) is 11.9. The summed E-state index contributed by atoms with van der Waals surface area (Å²) < 4.78 is 5.68. The second kappa shape index (κ2) is 8.31. The molecular weight excluding hydrogens is 400 g/mol. The number of non-ortho nitro benzene ring substituents is 1. The van der Waals surface area contributed by atoms with Crippen LogP contribution < -0.4 is 0 Å². The number of benzene rings is 2. The molecule has 0 bridgehead atoms. The molecule has 4 rings (SSSR count). The molecule has 1 amide bonds. The predicted octanol–water partition coefficient (Wildman–Crippen LogP) is 3.50. The van der Waals surface area contributed by atoms with Crippen molar-refractivity contribution in [3.8, 4) is 0 Å². The average Bonchev–Trinajstić information content (AvgIpc) is 3.36. The molecule has 2 heterocycles. The number of likely N-dealkylation sites (tertiary alicyclic amines) is 1. The molecule has 160 valence electrons. The van der Waals surface area contributed by atoms with Crippen molar-refractivity contribution < 1.29 is 24.4 Å². The maximum absolute atomic E-state index is 13.0. The Kier molecular flexibility index (Phi) is 5.56. The standard InChI is InChI=1S/C23H22N2O6/c1-14-5-2-3-7-18(14)20-19(21(26)15-8-10-16(11-9-15)25(29)30)22(27)23(28)24(20)13-17-6-4-12-31-17/h2-3,5,7-11,17,20,26H,4,6,12-13H2,1H3/b21-19+. The predicted molar refractivity (Wildman–Crippen MR) is 112 cm³/mol. The van der Waals surface area contributed by atoms with E-state index in [1.165, 1.54) is 29.2 Å². The first-order valence-corrected chi connectivity index (χ1v) is 10.1. The Hall–Kier alpha value is -3.52. The van der Waals surface area contributed by atoms with E-state index in [1.807, 2.05) is 31.2 Å². The molecule has 0 aliphatic carbocycles. The number of nitro benzene ring substituents is 1. The number of aliphatic hydroxyl groups is 1. The summed E-state index contributed by atoms with van der Waals surface area (Å²) in [6.45, 7) is 2.75. The van der Waals surface area contributed by atoms with Gasteiger partial charge in [-0.1, -0.05) is 24.3 Å². The zero-order valence-corrected chi connectivity index (χ0v) is 17.0. The van der Waals surface area contributed by atoms with Crippen LogP contribution in [-0.4, -0.2) is 45.9 Å². The van der Waals surface area contributed by atoms with Gasteiger partial charge in [-0.15, -0.1) is 0 Å². The molecule has 2 fully saturated rings. The minimum Gasteiger partial charge on any atom is -0.507 e. The Morgan fingerprint density at radius 1 is 1.19 bits per heavy atom. The highest BCUT2D eigenvalue weighted by Gasteiger charge is 2.47. The van der Waals surface area contributed by atoms with Crippen molar-refractivity contribution in [2.45, 2.75) is 31.9 Å². The number of ketones is 1. The van der Waals surface area contributed by atoms with E-state index in [0.717, 1.165) is 24.0 Å². The van der Waals surface area contributed by atoms with Gasteiger partial charge in [0.25, 0.3) is 17.4 Å². The van der Waals surface area contributed by atoms with E-state index in [0.29, 0.717) is 6.61 Å². The first-order valence-electron chi connectivity index (χ1n) is 10.1. The van der Waals surface area contributed by atoms with Crippen LogP contribution in [0.4, 0.5) is 5.69 Å². The molecule has 0 saturated carbocycles. The second-order valence-corrected chi connectivity index (χ2v) is 7.75. The molecule has 31 heavy (non-hydrogen) atoms. The van der Waals surface area contributed by atoms with Crippen LogP contribution in [0.3, 0.4) is 0 Å². The fourth-order valence-corrected chi connectivity index (χ4v) is 4.19. The van der Waals surface area contributed by atoms with Crippen molar-refractivity contribution in [3.05, 3.63) is 80.9 Å². The molecule has 0 aromatic heterocycles. The topological polar surface area (TPSA) is 110 Å². The number of ether oxygens (including phenoxy) is 1. The van der Waals surface area contributed by atoms with E-state index in [9.17, 15) is 24.8 Å². The van der Waals surface area contributed by atoms with Gasteiger partial charge < -0.3 is 14.7 Å². The molecule has 2 aromatic rings. The number of aliphatic hydroxyl groups excluding tert-OH is 1. The third kappa shape index (κ3) is 3.82. The lowest BCUT2D eigenvalue weighted by Crippen LogP contribution is -2.36. The molecule has 2 aromatic carbocycles. The van der Waals surface area contributed by atoms with Gasteiger partial charge >= 0.3 is 0 Å². The third-order valence-corrected chi connectivity index (χ3v) is 5.80. The fraction of sp³-hybridized carbons (Fsp3) is 0.304. The largest absolute Gasteiger partial charge is 0.507 e. The van der Waals surface area contributed by atoms with E-state index in [2.05, 4.69) is 0 Å². The lowest BCUT2D eigenvalue weighted by molar-refractivity contribution is -0.384. The monoisotopic (exact) mass is 422 g/mol. The van der Waals surface area contributed by atoms with E-state index < -0.39 is 22.7 Å². The summed E-state index contributed by atoms with van der Waals surface area (Å²) in [6.07, 6.45) is 1.53. The van der Waals surface area contributed by atoms with Crippen LogP contribution in [0, 0.1) is 17.0 Å². The van der Waals surface area contributed by atoms with Crippen LogP contribution in [0.25, 0.3) is 5.76 Å². The van der Waals surface area contributed by atoms with Gasteiger partial charge in [0.2, 0.25) is 0 Å². The minimum atomic E-state index is -0.776. The molecule has 2 unspecified atom stereocenters. The molecule has 2 atom stereocenters. The van der Waals surface area contributed by atoms with Crippen molar-refractivity contribution in [1.82, 2.24) is 4.90 Å². The highest BCUT2D eigenvalue weighted by molar-refractivity contribution is 6.46. The number of carbonyl (C=O) groups excluding carboxylic acids is 2. The lowest BCUT2D eigenvalue weighted by Gasteiger charge is -2.28. The van der Waals surface area contributed by atoms with Crippen LogP contribution in [-0.2, 0) is 14.3 Å². The number of hydrogen-bond donors (Lipinski definition) is 1. The smallest absolute Gasteiger partial charge is 0.295 e. The number of nitro groups is 1. The lowest BCUT2D eigenvalue weighted by atomic mass is 9.92. The van der Waals surface area contributed by atoms with Crippen LogP contribution in [0.1, 0.15) is 35.6 Å². The summed E-state index contributed by atoms with van der Waals surface area (Å²) in [7, 11) is 0. The van der Waals surface area contributed by atoms with Crippen LogP contribution in [0.5, 0.6) is 0 Å². The second-order valence-electron chi connectivity index (χ2n) is 7.75. The van der Waals surface area contributed by atoms with Crippen molar-refractivity contribution in [1.29, 1.82) is 0 Å². The van der Waals surface area contributed by atoms with Gasteiger partial charge in [-0.2, -0.15) is 0 Å². The molecule has 8 heteroatoms. The van der Waals surface area contributed by atoms with Crippen molar-refractivity contribution in [2.24, 2.45) is 0 Å². The summed E-state index contributed by atoms with van der Waals surface area (Å²) in [5.74, 6) is -1.81. The van der Waals surface area contributed by atoms with Gasteiger partial charge in [0.15, 0.2) is 0 Å². The zero-order chi connectivity index (χ0) is 22.1. The quantitative estimate of drug-likeness (QED) is 0.260. The first kappa shape index (κ1) is 20.7. The zero-order valence-electron chi connectivity index (χ0n) is 17.0. The number of carbonyl (C=O) groups is 2. The first-order chi connectivity index (χ1) is 14.9. The number of rotatable bonds is 5. The molecular formula is C23H22N2O6. The van der Waals surface area contributed by atoms with Crippen molar-refractivity contribution in [3.63, 3.8) is 0 Å². The highest BCUT2D eigenvalue weighted by atomic mass is 16.6. The minimum absolute atomic E-state index is 0.0221. The number of aryl methyl sites for hydroxylation is 1. The number of amides is 1. The summed E-state index contributed by atoms with van der Waals surface area (Å²) in [4.78, 5) is 37.8. The van der Waals surface area contributed by atoms with Crippen LogP contribution >= 0.6 is 0 Å². The fourth-order valence-electron chi connectivity index (χ4n) is 4.19. The van der Waals surface area contributed by atoms with Crippen LogP contribution in [0.2, 0.25) is 0 Å². The summed E-state index contributed by atoms with van der Waals surface area (Å²) in [5.41, 5.74) is 1.70. The van der Waals surface area contributed by atoms with Gasteiger partial charge in [0.05, 0.1) is 22.6 Å². The van der Waals surface area contributed by atoms with Gasteiger partial charge in [0.1, 0.15) is 5.76 Å². The number of hydrogen-bond acceptors (Lipinski definition) is 6. The number of nitrogens with zero attached hydrogens (tertiary/aromatic N) is 2. The Balaban J connectivity index is 1.82. The Morgan fingerprint density at radius 2 is 1.90 bits per heavy atom. The van der Waals surface area contributed by atoms with Gasteiger partial charge in [-0.05, 0) is 43.0 Å². The average molecular weight is 422 g/mol. The molecule has 2 aliphatic rings. The van der Waals surface area contributed by atoms with Gasteiger partial charge in [0, 0.05) is 30.8 Å². The van der Waals surface area contributed by atoms with Gasteiger partial charge in [-0.25, -0.2) is 0 Å². The van der Waals surface area contributed by atoms with E-state index >= 15 is 0 Å². The highest BCUT2D eigenvalue weighted by Crippen LogP contribution is 2.41. The van der Waals surface area contributed by atoms with Crippen LogP contribution in [0.15, 0.2) is 54.1 Å². The maximum atomic E-state index is 13.0. The Labute approximate surface area is 178 Å². The van der Waals surface area contributed by atoms with E-state index in [4.69, 9.17) is 4.74 Å². The van der Waals surface area contributed by atoms with Crippen molar-refractivity contribution in [2.75, 3.05) is 13.2 Å². The maximum Gasteiger partial charge on any atom is 0.295 e. The molecule has 2 saturated heterocycles. The van der Waals surface area contributed by atoms with Crippen molar-refractivity contribution >= 4 is 23.1 Å². The third-order valence-electron chi connectivity index (χ3n) is 5.80. The Bertz CT molecular complexity index is 1070. The molecule has 2 aliphatic heterocycles. The molecule has 1 N–H and O–H groups in total. The molecule has 0 spiro atoms.